The summed E-state index contributed by atoms with van der Waals surface area (Å²) < 4.78 is 9.75. The monoisotopic (exact) mass is 1150 g/mol. The average Bonchev–Trinajstić information content (AvgIpc) is 1.02. The summed E-state index contributed by atoms with van der Waals surface area (Å²) in [6.07, 6.45) is 4.82. The Kier molecular flexibility index (Phi) is 12.7. The first kappa shape index (κ1) is 53.3. The number of fused-ring (bicyclic) bond motifs is 14. The van der Waals surface area contributed by atoms with E-state index >= 15 is 0 Å². The molecule has 0 saturated heterocycles. The largest absolute Gasteiger partial charge is 0.341 e. The molecule has 0 atom stereocenters. The maximum Gasteiger partial charge on any atom is 0.0491 e. The Bertz CT molecular complexity index is 5400. The summed E-state index contributed by atoms with van der Waals surface area (Å²) >= 11 is 0. The molecule has 4 heterocycles. The van der Waals surface area contributed by atoms with Gasteiger partial charge in [-0.2, -0.15) is 0 Å². The van der Waals surface area contributed by atoms with Crippen LogP contribution in [0.5, 0.6) is 0 Å². The lowest BCUT2D eigenvalue weighted by molar-refractivity contribution is 0.827. The first-order valence-electron chi connectivity index (χ1n) is 32.1. The molecular formula is C86H66N4. The molecule has 0 unspecified atom stereocenters. The minimum atomic E-state index is 0.907. The molecule has 4 aromatic heterocycles. The molecule has 90 heavy (non-hydrogen) atoms. The van der Waals surface area contributed by atoms with Crippen LogP contribution in [-0.4, -0.2) is 18.3 Å². The molecule has 0 aliphatic carbocycles. The Labute approximate surface area is 523 Å². The third-order valence-electron chi connectivity index (χ3n) is 19.5. The Balaban J connectivity index is 0.793. The third-order valence-corrected chi connectivity index (χ3v) is 19.5. The van der Waals surface area contributed by atoms with Crippen molar-refractivity contribution in [3.63, 3.8) is 0 Å². The zero-order chi connectivity index (χ0) is 60.1. The van der Waals surface area contributed by atoms with Crippen molar-refractivity contribution in [3.8, 4) is 22.3 Å². The molecule has 0 aliphatic heterocycles. The highest BCUT2D eigenvalue weighted by Crippen LogP contribution is 2.46. The van der Waals surface area contributed by atoms with Crippen LogP contribution in [0.1, 0.15) is 61.1 Å². The van der Waals surface area contributed by atoms with Gasteiger partial charge >= 0.3 is 0 Å². The van der Waals surface area contributed by atoms with E-state index in [-0.39, 0.29) is 0 Å². The molecule has 0 spiro atoms. The van der Waals surface area contributed by atoms with Gasteiger partial charge in [0.15, 0.2) is 0 Å². The van der Waals surface area contributed by atoms with Gasteiger partial charge in [0.25, 0.3) is 0 Å². The van der Waals surface area contributed by atoms with E-state index in [0.29, 0.717) is 0 Å². The summed E-state index contributed by atoms with van der Waals surface area (Å²) in [7, 11) is 0. The summed E-state index contributed by atoms with van der Waals surface area (Å²) in [6, 6.07) is 100. The van der Waals surface area contributed by atoms with Gasteiger partial charge in [0.05, 0.1) is 0 Å². The summed E-state index contributed by atoms with van der Waals surface area (Å²) in [5, 5.41) is 15.2. The molecule has 4 nitrogen and oxygen atoms in total. The quantitative estimate of drug-likeness (QED) is 0.0858. The SMILES string of the molecule is CCn1c2ccccc2c2cc(/C=C(/c3ccc(-c4c5ccccc5c(-c5ccc(/C(=C/c6ccc7c(c6)c6ccccc6n7CC)c6ccc7c(c6)c6ccccc6n7CC)cc5)c5ccccc45)cc3)c3ccc4c(c3)c3ccccc3n4CC)ccc21. The van der Waals surface area contributed by atoms with Crippen LogP contribution in [0.2, 0.25) is 0 Å². The summed E-state index contributed by atoms with van der Waals surface area (Å²) in [5.74, 6) is 0. The van der Waals surface area contributed by atoms with Crippen molar-refractivity contribution in [1.82, 2.24) is 18.3 Å². The predicted octanol–water partition coefficient (Wildman–Crippen LogP) is 23.0. The Morgan fingerprint density at radius 1 is 0.233 bits per heavy atom. The fourth-order valence-corrected chi connectivity index (χ4v) is 15.5. The number of nitrogens with zero attached hydrogens (tertiary/aromatic N) is 4. The van der Waals surface area contributed by atoms with E-state index in [1.54, 1.807) is 0 Å². The van der Waals surface area contributed by atoms with Crippen LogP contribution in [0.3, 0.4) is 0 Å². The van der Waals surface area contributed by atoms with E-state index in [0.717, 1.165) is 26.2 Å². The molecule has 4 heteroatoms. The lowest BCUT2D eigenvalue weighted by Crippen LogP contribution is -1.94. The van der Waals surface area contributed by atoms with Crippen molar-refractivity contribution in [2.45, 2.75) is 53.9 Å². The van der Waals surface area contributed by atoms with Crippen LogP contribution in [0.4, 0.5) is 0 Å². The van der Waals surface area contributed by atoms with Gasteiger partial charge in [-0.05, 0) is 201 Å². The van der Waals surface area contributed by atoms with Crippen molar-refractivity contribution in [2.75, 3.05) is 0 Å². The fraction of sp³-hybridized carbons (Fsp3) is 0.0930. The molecule has 430 valence electrons. The first-order valence-corrected chi connectivity index (χ1v) is 32.1. The van der Waals surface area contributed by atoms with Crippen molar-refractivity contribution in [1.29, 1.82) is 0 Å². The molecule has 0 saturated carbocycles. The molecular weight excluding hydrogens is 1090 g/mol. The molecule has 13 aromatic carbocycles. The van der Waals surface area contributed by atoms with Crippen LogP contribution in [-0.2, 0) is 26.2 Å². The van der Waals surface area contributed by atoms with E-state index in [1.807, 2.05) is 0 Å². The van der Waals surface area contributed by atoms with E-state index < -0.39 is 0 Å². The minimum absolute atomic E-state index is 0.907. The van der Waals surface area contributed by atoms with Crippen LogP contribution >= 0.6 is 0 Å². The van der Waals surface area contributed by atoms with Gasteiger partial charge in [-0.25, -0.2) is 0 Å². The lowest BCUT2D eigenvalue weighted by Gasteiger charge is -2.19. The first-order chi connectivity index (χ1) is 44.5. The second-order valence-electron chi connectivity index (χ2n) is 24.2. The van der Waals surface area contributed by atoms with Crippen molar-refractivity contribution in [2.24, 2.45) is 0 Å². The molecule has 0 amide bonds. The number of aryl methyl sites for hydroxylation is 4. The van der Waals surface area contributed by atoms with Gasteiger partial charge < -0.3 is 18.3 Å². The maximum absolute atomic E-state index is 2.44. The normalized spacial score (nSPS) is 12.5. The summed E-state index contributed by atoms with van der Waals surface area (Å²) in [6.45, 7) is 12.6. The highest BCUT2D eigenvalue weighted by atomic mass is 15.0. The highest BCUT2D eigenvalue weighted by molar-refractivity contribution is 6.22. The molecule has 0 radical (unpaired) electrons. The number of rotatable bonds is 12. The number of hydrogen-bond donors (Lipinski definition) is 0. The maximum atomic E-state index is 2.44. The topological polar surface area (TPSA) is 19.7 Å². The van der Waals surface area contributed by atoms with E-state index in [1.165, 1.54) is 176 Å². The Morgan fingerprint density at radius 2 is 0.478 bits per heavy atom. The van der Waals surface area contributed by atoms with Crippen molar-refractivity contribution in [3.05, 3.63) is 300 Å². The third kappa shape index (κ3) is 8.35. The average molecular weight is 1160 g/mol. The number of hydrogen-bond acceptors (Lipinski definition) is 0. The number of para-hydroxylation sites is 4. The molecule has 17 aromatic rings. The molecule has 0 bridgehead atoms. The van der Waals surface area contributed by atoms with Gasteiger partial charge in [-0.1, -0.05) is 194 Å². The van der Waals surface area contributed by atoms with E-state index in [2.05, 4.69) is 325 Å². The van der Waals surface area contributed by atoms with Crippen LogP contribution < -0.4 is 0 Å². The van der Waals surface area contributed by atoms with Gasteiger partial charge in [-0.15, -0.1) is 0 Å². The van der Waals surface area contributed by atoms with Gasteiger partial charge in [-0.3, -0.25) is 0 Å². The minimum Gasteiger partial charge on any atom is -0.341 e. The van der Waals surface area contributed by atoms with Crippen LogP contribution in [0, 0.1) is 0 Å². The molecule has 0 N–H and O–H groups in total. The van der Waals surface area contributed by atoms with Gasteiger partial charge in [0.1, 0.15) is 0 Å². The Morgan fingerprint density at radius 3 is 0.778 bits per heavy atom. The number of benzene rings is 13. The molecule has 0 aliphatic rings. The van der Waals surface area contributed by atoms with Crippen molar-refractivity contribution < 1.29 is 0 Å². The lowest BCUT2D eigenvalue weighted by atomic mass is 9.85. The second kappa shape index (κ2) is 21.4. The summed E-state index contributed by atoms with van der Waals surface area (Å²) in [5.41, 5.74) is 24.5. The van der Waals surface area contributed by atoms with E-state index in [9.17, 15) is 0 Å². The molecule has 17 rings (SSSR count). The smallest absolute Gasteiger partial charge is 0.0491 e. The zero-order valence-corrected chi connectivity index (χ0v) is 51.2. The van der Waals surface area contributed by atoms with Crippen LogP contribution in [0.25, 0.3) is 154 Å². The van der Waals surface area contributed by atoms with E-state index in [4.69, 9.17) is 0 Å². The zero-order valence-electron chi connectivity index (χ0n) is 51.2. The second-order valence-corrected chi connectivity index (χ2v) is 24.2. The standard InChI is InChI=1S/C86H66N4/c1-5-87-77-29-17-13-21-63(77)73-51-55(33-45-81(73)87)49-71(61-43-47-83-75(53-61)65-23-15-19-31-79(65)89(83)7-3)57-35-39-59(40-36-57)85-67-25-9-11-27-69(67)86(70-28-12-10-26-68(70)85)60-41-37-58(38-42-60)72(62-44-48-84-76(54-62)66-24-16-20-32-80(66)90(84)8-4)50-56-34-46-82-74(52-56)64-22-14-18-30-78(64)88(82)6-2/h9-54H,5-8H2,1-4H3/b71-49-,72-50-. The predicted molar refractivity (Wildman–Crippen MR) is 387 cm³/mol. The fourth-order valence-electron chi connectivity index (χ4n) is 15.5. The Hall–Kier alpha value is -10.9. The number of aromatic nitrogens is 4. The van der Waals surface area contributed by atoms with Gasteiger partial charge in [0, 0.05) is 113 Å². The van der Waals surface area contributed by atoms with Crippen molar-refractivity contribution >= 4 is 132 Å². The highest BCUT2D eigenvalue weighted by Gasteiger charge is 2.21. The summed E-state index contributed by atoms with van der Waals surface area (Å²) in [4.78, 5) is 0. The van der Waals surface area contributed by atoms with Gasteiger partial charge in [0.2, 0.25) is 0 Å². The van der Waals surface area contributed by atoms with Crippen LogP contribution in [0.15, 0.2) is 267 Å². The molecule has 0 fully saturated rings.